The number of rotatable bonds is 2. The van der Waals surface area contributed by atoms with E-state index in [9.17, 15) is 0 Å². The van der Waals surface area contributed by atoms with Crippen LogP contribution in [0.2, 0.25) is 0 Å². The zero-order valence-electron chi connectivity index (χ0n) is 12.9. The third-order valence-electron chi connectivity index (χ3n) is 4.64. The third-order valence-corrected chi connectivity index (χ3v) is 4.64. The lowest BCUT2D eigenvalue weighted by Crippen LogP contribution is -1.96. The van der Waals surface area contributed by atoms with E-state index in [0.717, 1.165) is 17.5 Å². The normalized spacial score (nSPS) is 13.0. The molecule has 0 saturated heterocycles. The fourth-order valence-corrected chi connectivity index (χ4v) is 3.34. The average Bonchev–Trinajstić information content (AvgIpc) is 2.60. The van der Waals surface area contributed by atoms with Crippen molar-refractivity contribution in [2.75, 3.05) is 0 Å². The highest BCUT2D eigenvalue weighted by Gasteiger charge is 2.15. The van der Waals surface area contributed by atoms with Gasteiger partial charge in [-0.25, -0.2) is 0 Å². The first-order valence-corrected chi connectivity index (χ1v) is 7.85. The van der Waals surface area contributed by atoms with E-state index in [2.05, 4.69) is 66.3 Å². The van der Waals surface area contributed by atoms with Crippen molar-refractivity contribution in [2.24, 2.45) is 0 Å². The maximum atomic E-state index is 4.62. The third kappa shape index (κ3) is 1.80. The molecule has 0 N–H and O–H groups in total. The van der Waals surface area contributed by atoms with Gasteiger partial charge in [-0.1, -0.05) is 56.3 Å². The van der Waals surface area contributed by atoms with E-state index in [1.807, 2.05) is 0 Å². The first-order chi connectivity index (χ1) is 10.8. The summed E-state index contributed by atoms with van der Waals surface area (Å²) in [6.07, 6.45) is 4.69. The highest BCUT2D eigenvalue weighted by atomic mass is 14.8. The van der Waals surface area contributed by atoms with Gasteiger partial charge < -0.3 is 0 Å². The highest BCUT2D eigenvalue weighted by molar-refractivity contribution is 6.23. The second kappa shape index (κ2) is 5.06. The monoisotopic (exact) mass is 286 g/mol. The molecule has 0 aliphatic heterocycles. The van der Waals surface area contributed by atoms with Gasteiger partial charge in [0.2, 0.25) is 0 Å². The van der Waals surface area contributed by atoms with Crippen LogP contribution in [-0.2, 0) is 0 Å². The Bertz CT molecular complexity index is 944. The van der Waals surface area contributed by atoms with Gasteiger partial charge >= 0.3 is 0 Å². The number of fused-ring (bicyclic) bond motifs is 6. The zero-order valence-corrected chi connectivity index (χ0v) is 12.9. The maximum Gasteiger partial charge on any atom is 0.0971 e. The van der Waals surface area contributed by atoms with E-state index in [-0.39, 0.29) is 0 Å². The van der Waals surface area contributed by atoms with Crippen LogP contribution in [0.4, 0.5) is 0 Å². The molecule has 0 spiro atoms. The first kappa shape index (κ1) is 13.2. The van der Waals surface area contributed by atoms with Gasteiger partial charge in [0.1, 0.15) is 0 Å². The van der Waals surface area contributed by atoms with Crippen LogP contribution in [0.25, 0.3) is 32.6 Å². The van der Waals surface area contributed by atoms with Crippen molar-refractivity contribution in [3.8, 4) is 0 Å². The predicted octanol–water partition coefficient (Wildman–Crippen LogP) is 5.45. The molecule has 0 fully saturated rings. The molecule has 4 aromatic rings. The summed E-state index contributed by atoms with van der Waals surface area (Å²) in [4.78, 5) is 9.21. The molecular weight excluding hydrogens is 268 g/mol. The lowest BCUT2D eigenvalue weighted by Gasteiger charge is -2.16. The van der Waals surface area contributed by atoms with Gasteiger partial charge in [0.25, 0.3) is 0 Å². The second-order valence-electron chi connectivity index (χ2n) is 5.88. The van der Waals surface area contributed by atoms with Crippen LogP contribution in [0.1, 0.15) is 31.7 Å². The molecule has 108 valence electrons. The van der Waals surface area contributed by atoms with E-state index >= 15 is 0 Å². The SMILES string of the molecule is CC[C@@H](C)c1cccc2c3nccnc3c3ccccc3c12. The molecule has 0 radical (unpaired) electrons. The summed E-state index contributed by atoms with van der Waals surface area (Å²) in [5.74, 6) is 0.529. The van der Waals surface area contributed by atoms with Crippen LogP contribution in [-0.4, -0.2) is 9.97 Å². The lowest BCUT2D eigenvalue weighted by atomic mass is 9.89. The minimum Gasteiger partial charge on any atom is -0.252 e. The van der Waals surface area contributed by atoms with Crippen molar-refractivity contribution in [1.29, 1.82) is 0 Å². The molecule has 1 heterocycles. The van der Waals surface area contributed by atoms with Crippen LogP contribution in [0, 0.1) is 0 Å². The lowest BCUT2D eigenvalue weighted by molar-refractivity contribution is 0.740. The summed E-state index contributed by atoms with van der Waals surface area (Å²) < 4.78 is 0. The fraction of sp³-hybridized carbons (Fsp3) is 0.200. The molecule has 0 aliphatic carbocycles. The maximum absolute atomic E-state index is 4.62. The predicted molar refractivity (Wildman–Crippen MR) is 93.3 cm³/mol. The number of benzene rings is 3. The van der Waals surface area contributed by atoms with E-state index in [1.165, 1.54) is 27.1 Å². The van der Waals surface area contributed by atoms with Crippen LogP contribution < -0.4 is 0 Å². The highest BCUT2D eigenvalue weighted by Crippen LogP contribution is 2.37. The molecular formula is C20H18N2. The van der Waals surface area contributed by atoms with Crippen molar-refractivity contribution in [3.05, 3.63) is 60.4 Å². The number of nitrogens with zero attached hydrogens (tertiary/aromatic N) is 2. The van der Waals surface area contributed by atoms with Crippen LogP contribution >= 0.6 is 0 Å². The molecule has 1 aromatic heterocycles. The molecule has 22 heavy (non-hydrogen) atoms. The summed E-state index contributed by atoms with van der Waals surface area (Å²) in [5.41, 5.74) is 3.40. The van der Waals surface area contributed by atoms with Crippen molar-refractivity contribution in [3.63, 3.8) is 0 Å². The molecule has 3 aromatic carbocycles. The number of hydrogen-bond acceptors (Lipinski definition) is 2. The van der Waals surface area contributed by atoms with Gasteiger partial charge in [-0.2, -0.15) is 0 Å². The van der Waals surface area contributed by atoms with Crippen molar-refractivity contribution < 1.29 is 0 Å². The van der Waals surface area contributed by atoms with E-state index in [1.54, 1.807) is 12.4 Å². The van der Waals surface area contributed by atoms with Crippen molar-refractivity contribution in [1.82, 2.24) is 9.97 Å². The Labute approximate surface area is 129 Å². The molecule has 0 saturated carbocycles. The summed E-state index contributed by atoms with van der Waals surface area (Å²) in [5, 5.41) is 5.01. The van der Waals surface area contributed by atoms with Gasteiger partial charge in [0.05, 0.1) is 11.0 Å². The van der Waals surface area contributed by atoms with E-state index in [0.29, 0.717) is 5.92 Å². The van der Waals surface area contributed by atoms with E-state index < -0.39 is 0 Å². The Morgan fingerprint density at radius 2 is 1.45 bits per heavy atom. The molecule has 1 atom stereocenters. The molecule has 0 unspecified atom stereocenters. The standard InChI is InChI=1S/C20H18N2/c1-3-13(2)14-9-6-10-17-18(14)15-7-4-5-8-16(15)19-20(17)22-12-11-21-19/h4-13H,3H2,1-2H3/t13-/m1/s1. The number of hydrogen-bond donors (Lipinski definition) is 0. The van der Waals surface area contributed by atoms with Crippen molar-refractivity contribution >= 4 is 32.6 Å². The van der Waals surface area contributed by atoms with Crippen LogP contribution in [0.3, 0.4) is 0 Å². The minimum atomic E-state index is 0.529. The molecule has 2 nitrogen and oxygen atoms in total. The Balaban J connectivity index is 2.33. The topological polar surface area (TPSA) is 25.8 Å². The van der Waals surface area contributed by atoms with Gasteiger partial charge in [0, 0.05) is 23.2 Å². The van der Waals surface area contributed by atoms with Crippen LogP contribution in [0.5, 0.6) is 0 Å². The van der Waals surface area contributed by atoms with Gasteiger partial charge in [0.15, 0.2) is 0 Å². The van der Waals surface area contributed by atoms with Gasteiger partial charge in [-0.3, -0.25) is 9.97 Å². The number of aromatic nitrogens is 2. The zero-order chi connectivity index (χ0) is 15.1. The Hall–Kier alpha value is -2.48. The summed E-state index contributed by atoms with van der Waals surface area (Å²) >= 11 is 0. The van der Waals surface area contributed by atoms with Gasteiger partial charge in [-0.15, -0.1) is 0 Å². The smallest absolute Gasteiger partial charge is 0.0971 e. The minimum absolute atomic E-state index is 0.529. The summed E-state index contributed by atoms with van der Waals surface area (Å²) in [6.45, 7) is 4.54. The quantitative estimate of drug-likeness (QED) is 0.458. The van der Waals surface area contributed by atoms with Crippen LogP contribution in [0.15, 0.2) is 54.9 Å². The summed E-state index contributed by atoms with van der Waals surface area (Å²) in [6, 6.07) is 15.1. The molecule has 0 bridgehead atoms. The van der Waals surface area contributed by atoms with Crippen molar-refractivity contribution in [2.45, 2.75) is 26.2 Å². The Morgan fingerprint density at radius 3 is 2.18 bits per heavy atom. The first-order valence-electron chi connectivity index (χ1n) is 7.85. The summed E-state index contributed by atoms with van der Waals surface area (Å²) in [7, 11) is 0. The van der Waals surface area contributed by atoms with Gasteiger partial charge in [-0.05, 0) is 28.7 Å². The second-order valence-corrected chi connectivity index (χ2v) is 5.88. The molecule has 4 rings (SSSR count). The van der Waals surface area contributed by atoms with E-state index in [4.69, 9.17) is 0 Å². The Morgan fingerprint density at radius 1 is 0.818 bits per heavy atom. The largest absolute Gasteiger partial charge is 0.252 e. The average molecular weight is 286 g/mol. The molecule has 2 heteroatoms. The molecule has 0 aliphatic rings. The Kier molecular flexibility index (Phi) is 3.04. The fourth-order valence-electron chi connectivity index (χ4n) is 3.34. The molecule has 0 amide bonds.